The highest BCUT2D eigenvalue weighted by molar-refractivity contribution is 7.89. The number of morpholine rings is 1. The summed E-state index contributed by atoms with van der Waals surface area (Å²) in [7, 11) is -3.88. The number of anilines is 2. The van der Waals surface area contributed by atoms with Crippen LogP contribution in [-0.4, -0.2) is 78.4 Å². The van der Waals surface area contributed by atoms with Gasteiger partial charge in [-0.2, -0.15) is 5.21 Å². The second kappa shape index (κ2) is 9.50. The number of halogens is 1. The molecule has 3 aromatic rings. The zero-order valence-electron chi connectivity index (χ0n) is 17.2. The third-order valence-corrected chi connectivity index (χ3v) is 6.18. The van der Waals surface area contributed by atoms with E-state index in [1.807, 2.05) is 6.07 Å². The number of nitrogens with zero attached hydrogens (tertiary/aromatic N) is 6. The van der Waals surface area contributed by atoms with Gasteiger partial charge in [-0.05, 0) is 30.3 Å². The van der Waals surface area contributed by atoms with Gasteiger partial charge >= 0.3 is 0 Å². The van der Waals surface area contributed by atoms with Crippen LogP contribution < -0.4 is 14.9 Å². The average molecular weight is 463 g/mol. The number of rotatable bonds is 8. The molecule has 1 aromatic carbocycles. The second-order valence-electron chi connectivity index (χ2n) is 6.96. The monoisotopic (exact) mass is 463 g/mol. The Bertz CT molecular complexity index is 1170. The van der Waals surface area contributed by atoms with E-state index in [-0.39, 0.29) is 29.4 Å². The molecule has 3 heterocycles. The third kappa shape index (κ3) is 5.15. The maximum Gasteiger partial charge on any atom is 0.240 e. The summed E-state index contributed by atoms with van der Waals surface area (Å²) < 4.78 is 47.1. The summed E-state index contributed by atoms with van der Waals surface area (Å²) in [4.78, 5) is 10.8. The van der Waals surface area contributed by atoms with Crippen molar-refractivity contribution in [3.63, 3.8) is 0 Å². The molecule has 0 aliphatic carbocycles. The number of hydrogen-bond donors (Lipinski definition) is 3. The Labute approximate surface area is 183 Å². The number of ether oxygens (including phenoxy) is 1. The molecule has 4 rings (SSSR count). The van der Waals surface area contributed by atoms with Gasteiger partial charge in [0.2, 0.25) is 15.8 Å². The van der Waals surface area contributed by atoms with E-state index in [0.717, 1.165) is 25.0 Å². The molecule has 0 atom stereocenters. The number of tetrazole rings is 1. The molecular weight excluding hydrogens is 441 g/mol. The Morgan fingerprint density at radius 2 is 2.00 bits per heavy atom. The van der Waals surface area contributed by atoms with E-state index in [0.29, 0.717) is 24.9 Å². The molecule has 0 spiro atoms. The van der Waals surface area contributed by atoms with Crippen molar-refractivity contribution in [1.82, 2.24) is 35.3 Å². The van der Waals surface area contributed by atoms with Gasteiger partial charge in [0.15, 0.2) is 0 Å². The Morgan fingerprint density at radius 1 is 1.19 bits per heavy atom. The van der Waals surface area contributed by atoms with Crippen molar-refractivity contribution in [2.45, 2.75) is 11.8 Å². The number of benzene rings is 1. The maximum absolute atomic E-state index is 14.0. The van der Waals surface area contributed by atoms with Gasteiger partial charge in [-0.3, -0.25) is 0 Å². The minimum absolute atomic E-state index is 0.0311. The first-order valence-electron chi connectivity index (χ1n) is 9.88. The van der Waals surface area contributed by atoms with Gasteiger partial charge in [0.25, 0.3) is 0 Å². The number of aromatic amines is 1. The van der Waals surface area contributed by atoms with Crippen molar-refractivity contribution in [2.75, 3.05) is 49.6 Å². The quantitative estimate of drug-likeness (QED) is 0.399. The molecule has 32 heavy (non-hydrogen) atoms. The van der Waals surface area contributed by atoms with Gasteiger partial charge in [-0.15, -0.1) is 10.2 Å². The number of H-pyrrole nitrogens is 1. The molecule has 170 valence electrons. The number of aromatic nitrogens is 6. The molecule has 0 amide bonds. The number of nitrogens with one attached hydrogen (secondary N) is 3. The van der Waals surface area contributed by atoms with E-state index >= 15 is 0 Å². The largest absolute Gasteiger partial charge is 0.378 e. The lowest BCUT2D eigenvalue weighted by Crippen LogP contribution is -2.37. The standard InChI is InChI=1S/C18H22FN9O3S/c1-12-22-16(11-17(23-12)28-6-8-31-9-7-28)20-4-5-21-32(29,30)13-2-3-15(19)14(10-13)18-24-26-27-25-18/h2-3,10-11,21H,4-9H2,1H3,(H,20,22,23)(H,24,25,26,27). The SMILES string of the molecule is Cc1nc(NCCNS(=O)(=O)c2ccc(F)c(-c3nn[nH]n3)c2)cc(N2CCOCC2)n1. The zero-order chi connectivity index (χ0) is 22.6. The summed E-state index contributed by atoms with van der Waals surface area (Å²) in [6.07, 6.45) is 0. The average Bonchev–Trinajstić information content (AvgIpc) is 3.32. The van der Waals surface area contributed by atoms with Crippen LogP contribution in [0.1, 0.15) is 5.82 Å². The molecule has 1 aliphatic rings. The van der Waals surface area contributed by atoms with Crippen LogP contribution in [0.3, 0.4) is 0 Å². The molecule has 0 bridgehead atoms. The molecule has 14 heteroatoms. The van der Waals surface area contributed by atoms with E-state index < -0.39 is 15.8 Å². The fourth-order valence-electron chi connectivity index (χ4n) is 3.18. The van der Waals surface area contributed by atoms with Crippen molar-refractivity contribution < 1.29 is 17.5 Å². The predicted molar refractivity (Wildman–Crippen MR) is 113 cm³/mol. The van der Waals surface area contributed by atoms with E-state index in [1.165, 1.54) is 12.1 Å². The minimum Gasteiger partial charge on any atom is -0.378 e. The lowest BCUT2D eigenvalue weighted by atomic mass is 10.2. The zero-order valence-corrected chi connectivity index (χ0v) is 18.1. The van der Waals surface area contributed by atoms with E-state index in [9.17, 15) is 12.8 Å². The van der Waals surface area contributed by atoms with E-state index in [4.69, 9.17) is 4.74 Å². The minimum atomic E-state index is -3.88. The molecule has 1 fully saturated rings. The van der Waals surface area contributed by atoms with Crippen LogP contribution in [0.5, 0.6) is 0 Å². The summed E-state index contributed by atoms with van der Waals surface area (Å²) >= 11 is 0. The highest BCUT2D eigenvalue weighted by atomic mass is 32.2. The van der Waals surface area contributed by atoms with Crippen LogP contribution in [0.15, 0.2) is 29.2 Å². The summed E-state index contributed by atoms with van der Waals surface area (Å²) in [6, 6.07) is 5.22. The summed E-state index contributed by atoms with van der Waals surface area (Å²) in [6.45, 7) is 4.97. The molecule has 12 nitrogen and oxygen atoms in total. The Kier molecular flexibility index (Phi) is 6.53. The van der Waals surface area contributed by atoms with Gasteiger partial charge in [-0.25, -0.2) is 27.5 Å². The smallest absolute Gasteiger partial charge is 0.240 e. The van der Waals surface area contributed by atoms with Crippen LogP contribution in [0.25, 0.3) is 11.4 Å². The molecule has 1 saturated heterocycles. The molecule has 2 aromatic heterocycles. The van der Waals surface area contributed by atoms with Crippen molar-refractivity contribution in [1.29, 1.82) is 0 Å². The van der Waals surface area contributed by atoms with Crippen molar-refractivity contribution in [3.05, 3.63) is 35.9 Å². The molecular formula is C18H22FN9O3S. The van der Waals surface area contributed by atoms with Gasteiger partial charge in [0.05, 0.1) is 23.7 Å². The molecule has 0 saturated carbocycles. The lowest BCUT2D eigenvalue weighted by Gasteiger charge is -2.28. The van der Waals surface area contributed by atoms with Crippen molar-refractivity contribution in [3.8, 4) is 11.4 Å². The Morgan fingerprint density at radius 3 is 2.75 bits per heavy atom. The summed E-state index contributed by atoms with van der Waals surface area (Å²) in [5, 5.41) is 16.1. The second-order valence-corrected chi connectivity index (χ2v) is 8.73. The fourth-order valence-corrected chi connectivity index (χ4v) is 4.23. The third-order valence-electron chi connectivity index (χ3n) is 4.72. The van der Waals surface area contributed by atoms with Crippen LogP contribution in [0, 0.1) is 12.7 Å². The highest BCUT2D eigenvalue weighted by Crippen LogP contribution is 2.22. The maximum atomic E-state index is 14.0. The predicted octanol–water partition coefficient (Wildman–Crippen LogP) is 0.331. The number of aryl methyl sites for hydroxylation is 1. The molecule has 0 unspecified atom stereocenters. The van der Waals surface area contributed by atoms with Gasteiger partial charge in [-0.1, -0.05) is 0 Å². The van der Waals surface area contributed by atoms with E-state index in [1.54, 1.807) is 6.92 Å². The first-order valence-corrected chi connectivity index (χ1v) is 11.4. The van der Waals surface area contributed by atoms with Crippen LogP contribution in [0.2, 0.25) is 0 Å². The fraction of sp³-hybridized carbons (Fsp3) is 0.389. The van der Waals surface area contributed by atoms with Crippen LogP contribution >= 0.6 is 0 Å². The first-order chi connectivity index (χ1) is 15.4. The molecule has 1 aliphatic heterocycles. The summed E-state index contributed by atoms with van der Waals surface area (Å²) in [5.74, 6) is 1.32. The highest BCUT2D eigenvalue weighted by Gasteiger charge is 2.19. The number of hydrogen-bond acceptors (Lipinski definition) is 10. The van der Waals surface area contributed by atoms with Gasteiger partial charge in [0.1, 0.15) is 23.3 Å². The normalized spacial score (nSPS) is 14.5. The van der Waals surface area contributed by atoms with Gasteiger partial charge in [0, 0.05) is 32.2 Å². The Balaban J connectivity index is 1.37. The molecule has 0 radical (unpaired) electrons. The molecule has 3 N–H and O–H groups in total. The Hall–Kier alpha value is -3.23. The lowest BCUT2D eigenvalue weighted by molar-refractivity contribution is 0.122. The van der Waals surface area contributed by atoms with Gasteiger partial charge < -0.3 is 15.0 Å². The number of sulfonamides is 1. The van der Waals surface area contributed by atoms with Crippen LogP contribution in [0.4, 0.5) is 16.0 Å². The van der Waals surface area contributed by atoms with Crippen molar-refractivity contribution in [2.24, 2.45) is 0 Å². The van der Waals surface area contributed by atoms with Crippen LogP contribution in [-0.2, 0) is 14.8 Å². The topological polar surface area (TPSA) is 151 Å². The van der Waals surface area contributed by atoms with E-state index in [2.05, 4.69) is 45.5 Å². The first kappa shape index (κ1) is 22.0. The summed E-state index contributed by atoms with van der Waals surface area (Å²) in [5.41, 5.74) is -0.0631. The van der Waals surface area contributed by atoms with Crippen molar-refractivity contribution >= 4 is 21.7 Å².